The van der Waals surface area contributed by atoms with E-state index in [0.29, 0.717) is 25.9 Å². The Morgan fingerprint density at radius 1 is 0.318 bits per heavy atom. The molecule has 85 heavy (non-hydrogen) atoms. The Morgan fingerprint density at radius 3 is 0.847 bits per heavy atom. The van der Waals surface area contributed by atoms with Gasteiger partial charge >= 0.3 is 5.97 Å². The van der Waals surface area contributed by atoms with Crippen molar-refractivity contribution in [3.05, 3.63) is 24.3 Å². The molecule has 0 saturated heterocycles. The standard InChI is InChI=1S/C79H153NO5/c1-3-5-7-9-11-13-15-17-18-19-20-21-32-35-38-41-44-48-51-55-59-63-67-71-77(82)76(75-81)80-78(83)72-68-64-60-56-52-49-45-42-39-36-33-30-28-26-24-22-23-25-27-29-31-34-37-40-43-46-50-54-58-62-66-70-74-85-79(84)73-69-65-61-57-53-47-16-14-12-10-8-6-4-2/h14,16,25,27,76-77,81-82H,3-13,15,17-24,26,28-75H2,1-2H3,(H,80,83)/b16-14-,27-25-. The number of carbonyl (C=O) groups is 2. The SMILES string of the molecule is CCCCCC/C=C\CCCCCCCC(=O)OCCCCCCCCCCCCCC/C=C\CCCCCCCCCCCCCCCCCCC(=O)NC(CO)C(O)CCCCCCCCCCCCCCCCCCCCCCCCC. The fourth-order valence-electron chi connectivity index (χ4n) is 12.5. The number of amides is 1. The van der Waals surface area contributed by atoms with E-state index >= 15 is 0 Å². The van der Waals surface area contributed by atoms with Crippen LogP contribution in [0.2, 0.25) is 0 Å². The summed E-state index contributed by atoms with van der Waals surface area (Å²) in [7, 11) is 0. The van der Waals surface area contributed by atoms with Crippen LogP contribution in [0.15, 0.2) is 24.3 Å². The normalized spacial score (nSPS) is 12.6. The maximum atomic E-state index is 12.6. The van der Waals surface area contributed by atoms with Gasteiger partial charge in [-0.3, -0.25) is 9.59 Å². The summed E-state index contributed by atoms with van der Waals surface area (Å²) < 4.78 is 5.48. The summed E-state index contributed by atoms with van der Waals surface area (Å²) >= 11 is 0. The quantitative estimate of drug-likeness (QED) is 0.0320. The van der Waals surface area contributed by atoms with E-state index in [1.807, 2.05) is 0 Å². The molecule has 0 aliphatic carbocycles. The monoisotopic (exact) mass is 1200 g/mol. The topological polar surface area (TPSA) is 95.9 Å². The Hall–Kier alpha value is -1.66. The molecule has 0 fully saturated rings. The summed E-state index contributed by atoms with van der Waals surface area (Å²) in [6.07, 6.45) is 95.5. The number of aliphatic hydroxyl groups is 2. The maximum absolute atomic E-state index is 12.6. The molecule has 6 heteroatoms. The molecular weight excluding hydrogens is 1040 g/mol. The molecule has 0 rings (SSSR count). The molecule has 0 aromatic heterocycles. The van der Waals surface area contributed by atoms with Gasteiger partial charge in [0.15, 0.2) is 0 Å². The minimum Gasteiger partial charge on any atom is -0.466 e. The van der Waals surface area contributed by atoms with Crippen LogP contribution in [0, 0.1) is 0 Å². The molecule has 504 valence electrons. The number of unbranched alkanes of at least 4 members (excludes halogenated alkanes) is 59. The number of ether oxygens (including phenoxy) is 1. The number of carbonyl (C=O) groups excluding carboxylic acids is 2. The van der Waals surface area contributed by atoms with Gasteiger partial charge in [-0.25, -0.2) is 0 Å². The Labute approximate surface area is 532 Å². The third kappa shape index (κ3) is 71.3. The highest BCUT2D eigenvalue weighted by atomic mass is 16.5. The van der Waals surface area contributed by atoms with Gasteiger partial charge in [0.25, 0.3) is 0 Å². The number of hydrogen-bond acceptors (Lipinski definition) is 5. The number of allylic oxidation sites excluding steroid dienone is 4. The molecule has 0 heterocycles. The van der Waals surface area contributed by atoms with Gasteiger partial charge in [-0.15, -0.1) is 0 Å². The van der Waals surface area contributed by atoms with Gasteiger partial charge < -0.3 is 20.3 Å². The molecule has 0 bridgehead atoms. The first-order valence-electron chi connectivity index (χ1n) is 39.1. The zero-order valence-electron chi connectivity index (χ0n) is 57.9. The molecule has 6 nitrogen and oxygen atoms in total. The van der Waals surface area contributed by atoms with E-state index in [1.54, 1.807) is 0 Å². The smallest absolute Gasteiger partial charge is 0.305 e. The van der Waals surface area contributed by atoms with Crippen molar-refractivity contribution in [3.63, 3.8) is 0 Å². The summed E-state index contributed by atoms with van der Waals surface area (Å²) in [5, 5.41) is 23.5. The second-order valence-corrected chi connectivity index (χ2v) is 27.0. The van der Waals surface area contributed by atoms with Crippen LogP contribution in [0.1, 0.15) is 444 Å². The molecule has 0 saturated carbocycles. The van der Waals surface area contributed by atoms with Crippen LogP contribution in [-0.2, 0) is 14.3 Å². The lowest BCUT2D eigenvalue weighted by molar-refractivity contribution is -0.143. The Morgan fingerprint density at radius 2 is 0.553 bits per heavy atom. The summed E-state index contributed by atoms with van der Waals surface area (Å²) in [4.78, 5) is 24.6. The van der Waals surface area contributed by atoms with E-state index in [9.17, 15) is 19.8 Å². The average Bonchev–Trinajstić information content (AvgIpc) is 3.51. The number of esters is 1. The van der Waals surface area contributed by atoms with Gasteiger partial charge in [-0.05, 0) is 77.0 Å². The predicted molar refractivity (Wildman–Crippen MR) is 375 cm³/mol. The number of aliphatic hydroxyl groups excluding tert-OH is 2. The summed E-state index contributed by atoms with van der Waals surface area (Å²) in [5.74, 6) is -0.0170. The summed E-state index contributed by atoms with van der Waals surface area (Å²) in [6, 6.07) is -0.541. The molecular formula is C79H153NO5. The van der Waals surface area contributed by atoms with Crippen LogP contribution in [0.5, 0.6) is 0 Å². The average molecular weight is 1200 g/mol. The zero-order valence-corrected chi connectivity index (χ0v) is 57.9. The van der Waals surface area contributed by atoms with Gasteiger partial charge in [0.05, 0.1) is 25.4 Å². The van der Waals surface area contributed by atoms with Gasteiger partial charge in [0.2, 0.25) is 5.91 Å². The van der Waals surface area contributed by atoms with Gasteiger partial charge in [-0.2, -0.15) is 0 Å². The molecule has 0 aliphatic rings. The van der Waals surface area contributed by atoms with Crippen molar-refractivity contribution in [1.29, 1.82) is 0 Å². The minimum atomic E-state index is -0.664. The van der Waals surface area contributed by atoms with Crippen molar-refractivity contribution in [2.24, 2.45) is 0 Å². The van der Waals surface area contributed by atoms with Gasteiger partial charge in [0.1, 0.15) is 0 Å². The summed E-state index contributed by atoms with van der Waals surface area (Å²) in [5.41, 5.74) is 0. The van der Waals surface area contributed by atoms with Crippen LogP contribution >= 0.6 is 0 Å². The second kappa shape index (κ2) is 74.8. The van der Waals surface area contributed by atoms with Crippen molar-refractivity contribution < 1.29 is 24.5 Å². The molecule has 0 spiro atoms. The lowest BCUT2D eigenvalue weighted by Crippen LogP contribution is -2.45. The molecule has 2 unspecified atom stereocenters. The Bertz CT molecular complexity index is 1330. The van der Waals surface area contributed by atoms with Crippen molar-refractivity contribution in [1.82, 2.24) is 5.32 Å². The van der Waals surface area contributed by atoms with Gasteiger partial charge in [0, 0.05) is 12.8 Å². The predicted octanol–water partition coefficient (Wildman–Crippen LogP) is 25.7. The fraction of sp³-hybridized carbons (Fsp3) is 0.924. The molecule has 0 aromatic rings. The van der Waals surface area contributed by atoms with E-state index in [4.69, 9.17) is 4.74 Å². The highest BCUT2D eigenvalue weighted by molar-refractivity contribution is 5.76. The lowest BCUT2D eigenvalue weighted by Gasteiger charge is -2.22. The maximum Gasteiger partial charge on any atom is 0.305 e. The largest absolute Gasteiger partial charge is 0.466 e. The van der Waals surface area contributed by atoms with E-state index in [-0.39, 0.29) is 18.5 Å². The number of hydrogen-bond donors (Lipinski definition) is 3. The molecule has 0 radical (unpaired) electrons. The van der Waals surface area contributed by atoms with Crippen molar-refractivity contribution in [2.45, 2.75) is 456 Å². The van der Waals surface area contributed by atoms with E-state index in [2.05, 4.69) is 43.5 Å². The second-order valence-electron chi connectivity index (χ2n) is 27.0. The van der Waals surface area contributed by atoms with Crippen molar-refractivity contribution in [3.8, 4) is 0 Å². The lowest BCUT2D eigenvalue weighted by atomic mass is 10.0. The number of nitrogens with one attached hydrogen (secondary N) is 1. The third-order valence-electron chi connectivity index (χ3n) is 18.5. The first-order valence-corrected chi connectivity index (χ1v) is 39.1. The Kier molecular flexibility index (Phi) is 73.3. The van der Waals surface area contributed by atoms with Crippen LogP contribution < -0.4 is 5.32 Å². The first-order chi connectivity index (χ1) is 42.0. The summed E-state index contributed by atoms with van der Waals surface area (Å²) in [6.45, 7) is 4.98. The molecule has 3 N–H and O–H groups in total. The number of rotatable bonds is 74. The van der Waals surface area contributed by atoms with Crippen LogP contribution in [0.4, 0.5) is 0 Å². The van der Waals surface area contributed by atoms with E-state index in [0.717, 1.165) is 44.9 Å². The van der Waals surface area contributed by atoms with Crippen LogP contribution in [0.3, 0.4) is 0 Å². The van der Waals surface area contributed by atoms with Crippen molar-refractivity contribution >= 4 is 11.9 Å². The van der Waals surface area contributed by atoms with E-state index < -0.39 is 12.1 Å². The zero-order chi connectivity index (χ0) is 61.3. The van der Waals surface area contributed by atoms with Crippen molar-refractivity contribution in [2.75, 3.05) is 13.2 Å². The molecule has 1 amide bonds. The van der Waals surface area contributed by atoms with Crippen LogP contribution in [0.25, 0.3) is 0 Å². The van der Waals surface area contributed by atoms with E-state index in [1.165, 1.54) is 366 Å². The first kappa shape index (κ1) is 83.3. The fourth-order valence-corrected chi connectivity index (χ4v) is 12.5. The third-order valence-corrected chi connectivity index (χ3v) is 18.5. The highest BCUT2D eigenvalue weighted by Gasteiger charge is 2.20. The molecule has 0 aromatic carbocycles. The van der Waals surface area contributed by atoms with Gasteiger partial charge in [-0.1, -0.05) is 378 Å². The minimum absolute atomic E-state index is 0.00981. The van der Waals surface area contributed by atoms with Crippen LogP contribution in [-0.4, -0.2) is 47.4 Å². The highest BCUT2D eigenvalue weighted by Crippen LogP contribution is 2.20. The molecule has 2 atom stereocenters. The Balaban J connectivity index is 3.36. The molecule has 0 aliphatic heterocycles.